The Morgan fingerprint density at radius 1 is 0.900 bits per heavy atom. The van der Waals surface area contributed by atoms with Gasteiger partial charge in [0.05, 0.1) is 10.5 Å². The molecule has 1 aromatic carbocycles. The third kappa shape index (κ3) is 4.95. The first kappa shape index (κ1) is 22.6. The van der Waals surface area contributed by atoms with Crippen molar-refractivity contribution in [1.29, 1.82) is 0 Å². The molecule has 0 radical (unpaired) electrons. The van der Waals surface area contributed by atoms with Crippen LogP contribution in [-0.2, 0) is 21.6 Å². The number of aromatic nitrogens is 1. The molecule has 0 bridgehead atoms. The Kier molecular flexibility index (Phi) is 6.15. The Balaban J connectivity index is 1.76. The molecular formula is C21H26F3N3O2S. The van der Waals surface area contributed by atoms with Crippen LogP contribution < -0.4 is 4.90 Å². The van der Waals surface area contributed by atoms with Gasteiger partial charge in [0, 0.05) is 32.4 Å². The van der Waals surface area contributed by atoms with Crippen LogP contribution in [-0.4, -0.2) is 43.9 Å². The Morgan fingerprint density at radius 2 is 1.57 bits per heavy atom. The molecular weight excluding hydrogens is 415 g/mol. The molecule has 2 aromatic rings. The third-order valence-electron chi connectivity index (χ3n) is 5.21. The van der Waals surface area contributed by atoms with Gasteiger partial charge in [-0.3, -0.25) is 0 Å². The molecule has 0 unspecified atom stereocenters. The lowest BCUT2D eigenvalue weighted by Gasteiger charge is -2.24. The van der Waals surface area contributed by atoms with E-state index < -0.39 is 21.8 Å². The second-order valence-corrected chi connectivity index (χ2v) is 10.4. The molecule has 2 heterocycles. The van der Waals surface area contributed by atoms with Gasteiger partial charge in [0.1, 0.15) is 5.82 Å². The summed E-state index contributed by atoms with van der Waals surface area (Å²) < 4.78 is 66.5. The number of benzene rings is 1. The summed E-state index contributed by atoms with van der Waals surface area (Å²) in [7, 11) is -3.68. The van der Waals surface area contributed by atoms with E-state index in [1.54, 1.807) is 17.0 Å². The zero-order valence-corrected chi connectivity index (χ0v) is 18.1. The van der Waals surface area contributed by atoms with Crippen LogP contribution in [0.5, 0.6) is 0 Å². The maximum absolute atomic E-state index is 13.1. The molecule has 3 rings (SSSR count). The van der Waals surface area contributed by atoms with Gasteiger partial charge in [0.2, 0.25) is 10.0 Å². The summed E-state index contributed by atoms with van der Waals surface area (Å²) in [6, 6.07) is 8.82. The van der Waals surface area contributed by atoms with Crippen molar-refractivity contribution in [3.05, 3.63) is 53.7 Å². The maximum Gasteiger partial charge on any atom is 0.416 e. The second kappa shape index (κ2) is 8.19. The van der Waals surface area contributed by atoms with E-state index in [0.29, 0.717) is 19.5 Å². The van der Waals surface area contributed by atoms with E-state index in [-0.39, 0.29) is 29.2 Å². The van der Waals surface area contributed by atoms with E-state index in [4.69, 9.17) is 0 Å². The zero-order chi connectivity index (χ0) is 22.2. The standard InChI is InChI=1S/C21H26F3N3O2S/c1-20(2,3)16-5-7-18(8-6-16)30(28,29)27-12-4-11-26(13-14-27)19-15-17(9-10-25-19)21(22,23)24/h5-10,15H,4,11-14H2,1-3H3. The van der Waals surface area contributed by atoms with Crippen LogP contribution in [0.4, 0.5) is 19.0 Å². The van der Waals surface area contributed by atoms with Crippen LogP contribution in [0, 0.1) is 0 Å². The van der Waals surface area contributed by atoms with Gasteiger partial charge in [-0.25, -0.2) is 13.4 Å². The number of hydrogen-bond donors (Lipinski definition) is 0. The van der Waals surface area contributed by atoms with E-state index in [9.17, 15) is 21.6 Å². The van der Waals surface area contributed by atoms with E-state index >= 15 is 0 Å². The first-order valence-corrected chi connectivity index (χ1v) is 11.2. The molecule has 1 saturated heterocycles. The number of hydrogen-bond acceptors (Lipinski definition) is 4. The van der Waals surface area contributed by atoms with Gasteiger partial charge in [0.15, 0.2) is 0 Å². The van der Waals surface area contributed by atoms with E-state index in [1.807, 2.05) is 12.1 Å². The van der Waals surface area contributed by atoms with Crippen LogP contribution in [0.25, 0.3) is 0 Å². The largest absolute Gasteiger partial charge is 0.416 e. The first-order chi connectivity index (χ1) is 13.9. The van der Waals surface area contributed by atoms with E-state index in [2.05, 4.69) is 25.8 Å². The molecule has 5 nitrogen and oxygen atoms in total. The van der Waals surface area contributed by atoms with Crippen LogP contribution in [0.1, 0.15) is 38.3 Å². The lowest BCUT2D eigenvalue weighted by molar-refractivity contribution is -0.137. The molecule has 0 saturated carbocycles. The average Bonchev–Trinajstić information content (AvgIpc) is 2.94. The molecule has 0 N–H and O–H groups in total. The fourth-order valence-corrected chi connectivity index (χ4v) is 4.88. The minimum absolute atomic E-state index is 0.0800. The van der Waals surface area contributed by atoms with Crippen molar-refractivity contribution in [2.45, 2.75) is 43.7 Å². The van der Waals surface area contributed by atoms with Gasteiger partial charge in [-0.2, -0.15) is 17.5 Å². The Hall–Kier alpha value is -2.13. The Bertz CT molecular complexity index is 984. The number of sulfonamides is 1. The second-order valence-electron chi connectivity index (χ2n) is 8.42. The molecule has 0 atom stereocenters. The number of rotatable bonds is 3. The molecule has 1 fully saturated rings. The van der Waals surface area contributed by atoms with Crippen molar-refractivity contribution in [3.8, 4) is 0 Å². The molecule has 164 valence electrons. The van der Waals surface area contributed by atoms with Crippen LogP contribution in [0.2, 0.25) is 0 Å². The number of anilines is 1. The Labute approximate surface area is 175 Å². The highest BCUT2D eigenvalue weighted by Gasteiger charge is 2.32. The highest BCUT2D eigenvalue weighted by atomic mass is 32.2. The van der Waals surface area contributed by atoms with Crippen LogP contribution in [0.3, 0.4) is 0 Å². The summed E-state index contributed by atoms with van der Waals surface area (Å²) in [4.78, 5) is 5.98. The summed E-state index contributed by atoms with van der Waals surface area (Å²) in [6.07, 6.45) is -2.82. The molecule has 0 spiro atoms. The van der Waals surface area contributed by atoms with Crippen LogP contribution in [0.15, 0.2) is 47.5 Å². The summed E-state index contributed by atoms with van der Waals surface area (Å²) in [5.74, 6) is 0.207. The van der Waals surface area contributed by atoms with Gasteiger partial charge in [-0.05, 0) is 41.7 Å². The SMILES string of the molecule is CC(C)(C)c1ccc(S(=O)(=O)N2CCCN(c3cc(C(F)(F)F)ccn3)CC2)cc1. The molecule has 30 heavy (non-hydrogen) atoms. The van der Waals surface area contributed by atoms with Crippen molar-refractivity contribution in [2.75, 3.05) is 31.1 Å². The van der Waals surface area contributed by atoms with Crippen molar-refractivity contribution >= 4 is 15.8 Å². The smallest absolute Gasteiger partial charge is 0.355 e. The first-order valence-electron chi connectivity index (χ1n) is 9.78. The minimum atomic E-state index is -4.45. The van der Waals surface area contributed by atoms with E-state index in [1.165, 1.54) is 4.31 Å². The van der Waals surface area contributed by atoms with Gasteiger partial charge >= 0.3 is 6.18 Å². The number of pyridine rings is 1. The monoisotopic (exact) mass is 441 g/mol. The molecule has 1 aliphatic heterocycles. The van der Waals surface area contributed by atoms with Crippen molar-refractivity contribution in [2.24, 2.45) is 0 Å². The van der Waals surface area contributed by atoms with Crippen molar-refractivity contribution < 1.29 is 21.6 Å². The van der Waals surface area contributed by atoms with Gasteiger partial charge in [-0.15, -0.1) is 0 Å². The summed E-state index contributed by atoms with van der Waals surface area (Å²) in [5.41, 5.74) is 0.197. The highest BCUT2D eigenvalue weighted by Crippen LogP contribution is 2.31. The third-order valence-corrected chi connectivity index (χ3v) is 7.12. The van der Waals surface area contributed by atoms with Gasteiger partial charge in [0.25, 0.3) is 0 Å². The topological polar surface area (TPSA) is 53.5 Å². The highest BCUT2D eigenvalue weighted by molar-refractivity contribution is 7.89. The fourth-order valence-electron chi connectivity index (χ4n) is 3.41. The molecule has 1 aromatic heterocycles. The molecule has 0 amide bonds. The fraction of sp³-hybridized carbons (Fsp3) is 0.476. The summed E-state index contributed by atoms with van der Waals surface area (Å²) in [6.45, 7) is 7.36. The predicted molar refractivity (Wildman–Crippen MR) is 110 cm³/mol. The lowest BCUT2D eigenvalue weighted by atomic mass is 9.87. The van der Waals surface area contributed by atoms with Crippen molar-refractivity contribution in [3.63, 3.8) is 0 Å². The number of alkyl halides is 3. The predicted octanol–water partition coefficient (Wildman–Crippen LogP) is 4.30. The maximum atomic E-state index is 13.1. The summed E-state index contributed by atoms with van der Waals surface area (Å²) >= 11 is 0. The van der Waals surface area contributed by atoms with Crippen molar-refractivity contribution in [1.82, 2.24) is 9.29 Å². The number of halogens is 3. The quantitative estimate of drug-likeness (QED) is 0.713. The molecule has 9 heteroatoms. The van der Waals surface area contributed by atoms with Gasteiger partial charge in [-0.1, -0.05) is 32.9 Å². The molecule has 0 aliphatic carbocycles. The van der Waals surface area contributed by atoms with Crippen LogP contribution >= 0.6 is 0 Å². The van der Waals surface area contributed by atoms with Gasteiger partial charge < -0.3 is 4.90 Å². The zero-order valence-electron chi connectivity index (χ0n) is 17.3. The number of nitrogens with zero attached hydrogens (tertiary/aromatic N) is 3. The molecule has 1 aliphatic rings. The Morgan fingerprint density at radius 3 is 2.17 bits per heavy atom. The normalized spacial score (nSPS) is 17.1. The lowest BCUT2D eigenvalue weighted by Crippen LogP contribution is -2.35. The van der Waals surface area contributed by atoms with E-state index in [0.717, 1.165) is 23.9 Å². The minimum Gasteiger partial charge on any atom is -0.355 e. The summed E-state index contributed by atoms with van der Waals surface area (Å²) in [5, 5.41) is 0. The average molecular weight is 442 g/mol.